The van der Waals surface area contributed by atoms with Crippen LogP contribution in [0.4, 0.5) is 0 Å². The number of nitrogens with zero attached hydrogens (tertiary/aromatic N) is 1. The zero-order valence-electron chi connectivity index (χ0n) is 19.7. The summed E-state index contributed by atoms with van der Waals surface area (Å²) in [5.74, 6) is 0.267. The highest BCUT2D eigenvalue weighted by atomic mass is 16.1. The lowest BCUT2D eigenvalue weighted by molar-refractivity contribution is 0.0976. The highest BCUT2D eigenvalue weighted by Gasteiger charge is 2.41. The third kappa shape index (κ3) is 3.12. The van der Waals surface area contributed by atoms with Gasteiger partial charge < -0.3 is 4.57 Å². The first kappa shape index (κ1) is 20.8. The van der Waals surface area contributed by atoms with Gasteiger partial charge in [-0.05, 0) is 42.2 Å². The molecule has 0 N–H and O–H groups in total. The topological polar surface area (TPSA) is 22.0 Å². The maximum atomic E-state index is 12.9. The number of hydrogen-bond donors (Lipinski definition) is 0. The average molecular weight is 422 g/mol. The molecule has 3 aromatic carbocycles. The largest absolute Gasteiger partial charge is 0.313 e. The second-order valence-corrected chi connectivity index (χ2v) is 10.6. The van der Waals surface area contributed by atoms with Gasteiger partial charge in [-0.3, -0.25) is 4.79 Å². The first-order valence-corrected chi connectivity index (χ1v) is 11.5. The summed E-state index contributed by atoms with van der Waals surface area (Å²) in [7, 11) is 0. The minimum atomic E-state index is -0.200. The maximum Gasteiger partial charge on any atom is 0.164 e. The summed E-state index contributed by atoms with van der Waals surface area (Å²) in [5, 5.41) is 1.29. The molecule has 1 aliphatic rings. The van der Waals surface area contributed by atoms with Crippen molar-refractivity contribution >= 4 is 16.7 Å². The van der Waals surface area contributed by atoms with E-state index in [0.717, 1.165) is 12.0 Å². The molecule has 162 valence electrons. The summed E-state index contributed by atoms with van der Waals surface area (Å²) in [5.41, 5.74) is 8.26. The molecule has 0 saturated heterocycles. The summed E-state index contributed by atoms with van der Waals surface area (Å²) >= 11 is 0. The van der Waals surface area contributed by atoms with E-state index in [-0.39, 0.29) is 16.6 Å². The first-order valence-electron chi connectivity index (χ1n) is 11.5. The number of aromatic nitrogens is 1. The Bertz CT molecular complexity index is 1350. The molecule has 2 heteroatoms. The summed E-state index contributed by atoms with van der Waals surface area (Å²) in [6, 6.07) is 25.6. The molecule has 0 unspecified atom stereocenters. The third-order valence-electron chi connectivity index (χ3n) is 7.04. The van der Waals surface area contributed by atoms with Crippen LogP contribution in [0.25, 0.3) is 16.6 Å². The van der Waals surface area contributed by atoms with Crippen LogP contribution in [0.3, 0.4) is 0 Å². The SMILES string of the molecule is Cc1ccccc1-n1c(C(C)(C)C)c(C[C@@]2(C)CC(=O)c3ccccc32)c2ccccc21. The lowest BCUT2D eigenvalue weighted by Crippen LogP contribution is -2.26. The molecule has 1 aliphatic carbocycles. The third-order valence-corrected chi connectivity index (χ3v) is 7.04. The Kier molecular flexibility index (Phi) is 4.67. The Hall–Kier alpha value is -3.13. The quantitative estimate of drug-likeness (QED) is 0.339. The Balaban J connectivity index is 1.80. The predicted molar refractivity (Wildman–Crippen MR) is 133 cm³/mol. The van der Waals surface area contributed by atoms with Crippen LogP contribution in [-0.4, -0.2) is 10.4 Å². The van der Waals surface area contributed by atoms with Crippen LogP contribution in [0.5, 0.6) is 0 Å². The highest BCUT2D eigenvalue weighted by Crippen LogP contribution is 2.45. The second-order valence-electron chi connectivity index (χ2n) is 10.6. The van der Waals surface area contributed by atoms with Crippen LogP contribution < -0.4 is 0 Å². The van der Waals surface area contributed by atoms with Crippen molar-refractivity contribution in [2.24, 2.45) is 0 Å². The molecule has 1 heterocycles. The van der Waals surface area contributed by atoms with Crippen LogP contribution in [0.2, 0.25) is 0 Å². The molecule has 0 saturated carbocycles. The van der Waals surface area contributed by atoms with Crippen molar-refractivity contribution in [3.8, 4) is 5.69 Å². The molecule has 0 fully saturated rings. The molecular weight excluding hydrogens is 390 g/mol. The minimum Gasteiger partial charge on any atom is -0.313 e. The molecule has 2 nitrogen and oxygen atoms in total. The van der Waals surface area contributed by atoms with Gasteiger partial charge >= 0.3 is 0 Å². The fourth-order valence-electron chi connectivity index (χ4n) is 5.68. The van der Waals surface area contributed by atoms with Crippen molar-refractivity contribution in [2.45, 2.75) is 58.3 Å². The first-order chi connectivity index (χ1) is 15.2. The smallest absolute Gasteiger partial charge is 0.164 e. The molecule has 1 atom stereocenters. The number of fused-ring (bicyclic) bond motifs is 2. The van der Waals surface area contributed by atoms with Gasteiger partial charge in [0, 0.05) is 39.6 Å². The van der Waals surface area contributed by atoms with E-state index in [1.54, 1.807) is 0 Å². The van der Waals surface area contributed by atoms with Crippen molar-refractivity contribution in [3.05, 3.63) is 101 Å². The van der Waals surface area contributed by atoms with E-state index in [4.69, 9.17) is 0 Å². The molecule has 32 heavy (non-hydrogen) atoms. The zero-order chi connectivity index (χ0) is 22.7. The summed E-state index contributed by atoms with van der Waals surface area (Å²) in [6.45, 7) is 11.4. The lowest BCUT2D eigenvalue weighted by atomic mass is 9.75. The average Bonchev–Trinajstić information content (AvgIpc) is 3.21. The fourth-order valence-corrected chi connectivity index (χ4v) is 5.68. The van der Waals surface area contributed by atoms with Crippen molar-refractivity contribution in [1.82, 2.24) is 4.57 Å². The van der Waals surface area contributed by atoms with E-state index >= 15 is 0 Å². The van der Waals surface area contributed by atoms with Crippen molar-refractivity contribution in [1.29, 1.82) is 0 Å². The van der Waals surface area contributed by atoms with Crippen molar-refractivity contribution < 1.29 is 4.79 Å². The predicted octanol–water partition coefficient (Wildman–Crippen LogP) is 7.32. The van der Waals surface area contributed by atoms with Crippen LogP contribution in [0.15, 0.2) is 72.8 Å². The number of aryl methyl sites for hydroxylation is 1. The number of hydrogen-bond acceptors (Lipinski definition) is 1. The molecule has 0 spiro atoms. The second kappa shape index (κ2) is 7.20. The fraction of sp³-hybridized carbons (Fsp3) is 0.300. The normalized spacial score (nSPS) is 18.3. The molecule has 1 aromatic heterocycles. The van der Waals surface area contributed by atoms with Crippen LogP contribution in [0, 0.1) is 6.92 Å². The van der Waals surface area contributed by atoms with Crippen molar-refractivity contribution in [3.63, 3.8) is 0 Å². The van der Waals surface area contributed by atoms with E-state index in [9.17, 15) is 4.79 Å². The van der Waals surface area contributed by atoms with E-state index in [2.05, 4.69) is 99.8 Å². The summed E-state index contributed by atoms with van der Waals surface area (Å²) in [6.07, 6.45) is 1.42. The molecule has 0 bridgehead atoms. The molecule has 0 radical (unpaired) electrons. The lowest BCUT2D eigenvalue weighted by Gasteiger charge is -2.29. The van der Waals surface area contributed by atoms with Crippen LogP contribution in [-0.2, 0) is 17.3 Å². The Labute approximate surface area is 190 Å². The van der Waals surface area contributed by atoms with E-state index < -0.39 is 0 Å². The van der Waals surface area contributed by atoms with Gasteiger partial charge in [0.1, 0.15) is 0 Å². The maximum absolute atomic E-state index is 12.9. The summed E-state index contributed by atoms with van der Waals surface area (Å²) in [4.78, 5) is 12.9. The number of carbonyl (C=O) groups is 1. The molecule has 4 aromatic rings. The minimum absolute atomic E-state index is 0.0604. The zero-order valence-corrected chi connectivity index (χ0v) is 19.7. The van der Waals surface area contributed by atoms with Gasteiger partial charge in [-0.15, -0.1) is 0 Å². The Morgan fingerprint density at radius 3 is 2.31 bits per heavy atom. The number of Topliss-reactive ketones (excluding diaryl/α,β-unsaturated/α-hetero) is 1. The standard InChI is InChI=1S/C30H31NO/c1-20-12-6-10-16-25(20)31-26-17-11-8-13-21(26)23(28(31)29(2,3)4)18-30(5)19-27(32)22-14-7-9-15-24(22)30/h6-17H,18-19H2,1-5H3/t30-/m0/s1. The molecule has 0 amide bonds. The summed E-state index contributed by atoms with van der Waals surface area (Å²) < 4.78 is 2.46. The molecule has 0 aliphatic heterocycles. The number of ketones is 1. The Morgan fingerprint density at radius 1 is 0.906 bits per heavy atom. The van der Waals surface area contributed by atoms with Gasteiger partial charge in [0.25, 0.3) is 0 Å². The highest BCUT2D eigenvalue weighted by molar-refractivity contribution is 6.02. The van der Waals surface area contributed by atoms with E-state index in [1.165, 1.54) is 39.0 Å². The van der Waals surface area contributed by atoms with Crippen LogP contribution in [0.1, 0.15) is 66.9 Å². The number of para-hydroxylation sites is 2. The molecule has 5 rings (SSSR count). The van der Waals surface area contributed by atoms with Gasteiger partial charge in [0.05, 0.1) is 5.52 Å². The van der Waals surface area contributed by atoms with Crippen molar-refractivity contribution in [2.75, 3.05) is 0 Å². The Morgan fingerprint density at radius 2 is 1.56 bits per heavy atom. The monoisotopic (exact) mass is 421 g/mol. The van der Waals surface area contributed by atoms with Gasteiger partial charge in [0.15, 0.2) is 5.78 Å². The van der Waals surface area contributed by atoms with Gasteiger partial charge in [-0.25, -0.2) is 0 Å². The van der Waals surface area contributed by atoms with Crippen LogP contribution >= 0.6 is 0 Å². The van der Waals surface area contributed by atoms with Gasteiger partial charge in [0.2, 0.25) is 0 Å². The number of rotatable bonds is 3. The van der Waals surface area contributed by atoms with Gasteiger partial charge in [-0.1, -0.05) is 88.4 Å². The molecular formula is C30H31NO. The number of carbonyl (C=O) groups excluding carboxylic acids is 1. The van der Waals surface area contributed by atoms with E-state index in [1.807, 2.05) is 12.1 Å². The van der Waals surface area contributed by atoms with Gasteiger partial charge in [-0.2, -0.15) is 0 Å². The number of benzene rings is 3. The van der Waals surface area contributed by atoms with E-state index in [0.29, 0.717) is 6.42 Å².